The average molecular weight is 454 g/mol. The van der Waals surface area contributed by atoms with E-state index in [1.165, 1.54) is 18.4 Å². The van der Waals surface area contributed by atoms with Crippen molar-refractivity contribution in [1.82, 2.24) is 19.9 Å². The van der Waals surface area contributed by atoms with Crippen molar-refractivity contribution in [3.05, 3.63) is 71.7 Å². The number of hydrogen-bond acceptors (Lipinski definition) is 8. The first-order valence-electron chi connectivity index (χ1n) is 11.8. The SMILES string of the molecule is NCCNc1nc(-c2ccnc(NC3c4ccccc4CC3O)c2)nc2cncc(C3CC3)c12. The summed E-state index contributed by atoms with van der Waals surface area (Å²) >= 11 is 0. The molecule has 2 aliphatic rings. The first-order valence-corrected chi connectivity index (χ1v) is 11.8. The van der Waals surface area contributed by atoms with Gasteiger partial charge in [0, 0.05) is 42.9 Å². The number of nitrogens with zero attached hydrogens (tertiary/aromatic N) is 4. The van der Waals surface area contributed by atoms with Crippen LogP contribution in [0.15, 0.2) is 55.0 Å². The molecule has 0 aliphatic heterocycles. The van der Waals surface area contributed by atoms with Gasteiger partial charge in [-0.2, -0.15) is 0 Å². The molecule has 3 heterocycles. The maximum Gasteiger partial charge on any atom is 0.162 e. The second-order valence-electron chi connectivity index (χ2n) is 9.03. The number of rotatable bonds is 7. The minimum atomic E-state index is -0.501. The van der Waals surface area contributed by atoms with Gasteiger partial charge in [0.25, 0.3) is 0 Å². The largest absolute Gasteiger partial charge is 0.390 e. The average Bonchev–Trinajstić information content (AvgIpc) is 3.67. The highest BCUT2D eigenvalue weighted by molar-refractivity contribution is 5.93. The molecular formula is C26H27N7O. The van der Waals surface area contributed by atoms with Crippen LogP contribution >= 0.6 is 0 Å². The molecule has 4 aromatic rings. The highest BCUT2D eigenvalue weighted by Gasteiger charge is 2.31. The molecule has 1 fully saturated rings. The van der Waals surface area contributed by atoms with Gasteiger partial charge in [0.1, 0.15) is 11.6 Å². The molecule has 0 bridgehead atoms. The predicted molar refractivity (Wildman–Crippen MR) is 133 cm³/mol. The number of nitrogens with one attached hydrogen (secondary N) is 2. The molecule has 5 N–H and O–H groups in total. The summed E-state index contributed by atoms with van der Waals surface area (Å²) in [7, 11) is 0. The van der Waals surface area contributed by atoms with Crippen LogP contribution in [0.25, 0.3) is 22.3 Å². The van der Waals surface area contributed by atoms with Crippen molar-refractivity contribution in [1.29, 1.82) is 0 Å². The van der Waals surface area contributed by atoms with E-state index in [2.05, 4.69) is 32.7 Å². The van der Waals surface area contributed by atoms with E-state index in [1.807, 2.05) is 30.5 Å². The van der Waals surface area contributed by atoms with Crippen molar-refractivity contribution in [2.24, 2.45) is 5.73 Å². The molecule has 0 amide bonds. The molecular weight excluding hydrogens is 426 g/mol. The van der Waals surface area contributed by atoms with Gasteiger partial charge in [-0.05, 0) is 47.6 Å². The normalized spacial score (nSPS) is 19.2. The lowest BCUT2D eigenvalue weighted by molar-refractivity contribution is 0.165. The Kier molecular flexibility index (Phi) is 5.31. The third kappa shape index (κ3) is 3.85. The van der Waals surface area contributed by atoms with Gasteiger partial charge in [-0.1, -0.05) is 24.3 Å². The summed E-state index contributed by atoms with van der Waals surface area (Å²) in [5.41, 5.74) is 10.9. The Morgan fingerprint density at radius 3 is 2.79 bits per heavy atom. The Morgan fingerprint density at radius 2 is 1.94 bits per heavy atom. The van der Waals surface area contributed by atoms with E-state index in [4.69, 9.17) is 15.7 Å². The molecule has 172 valence electrons. The Balaban J connectivity index is 1.37. The van der Waals surface area contributed by atoms with E-state index in [1.54, 1.807) is 12.4 Å². The van der Waals surface area contributed by atoms with Crippen molar-refractivity contribution in [2.45, 2.75) is 37.3 Å². The summed E-state index contributed by atoms with van der Waals surface area (Å²) in [6.07, 6.45) is 7.96. The molecule has 3 aromatic heterocycles. The van der Waals surface area contributed by atoms with E-state index in [-0.39, 0.29) is 6.04 Å². The quantitative estimate of drug-likeness (QED) is 0.336. The number of fused-ring (bicyclic) bond motifs is 2. The van der Waals surface area contributed by atoms with Crippen LogP contribution in [-0.4, -0.2) is 44.2 Å². The molecule has 0 radical (unpaired) electrons. The number of benzene rings is 1. The minimum Gasteiger partial charge on any atom is -0.390 e. The third-order valence-corrected chi connectivity index (χ3v) is 6.62. The second-order valence-corrected chi connectivity index (χ2v) is 9.03. The van der Waals surface area contributed by atoms with E-state index in [0.717, 1.165) is 33.4 Å². The number of aromatic nitrogens is 4. The molecule has 0 saturated heterocycles. The lowest BCUT2D eigenvalue weighted by Crippen LogP contribution is -2.21. The van der Waals surface area contributed by atoms with Gasteiger partial charge in [-0.15, -0.1) is 0 Å². The first-order chi connectivity index (χ1) is 16.7. The summed E-state index contributed by atoms with van der Waals surface area (Å²) in [5, 5.41) is 18.5. The maximum atomic E-state index is 10.6. The van der Waals surface area contributed by atoms with Crippen LogP contribution in [0.1, 0.15) is 41.5 Å². The van der Waals surface area contributed by atoms with Crippen LogP contribution in [-0.2, 0) is 6.42 Å². The maximum absolute atomic E-state index is 10.6. The van der Waals surface area contributed by atoms with Gasteiger partial charge >= 0.3 is 0 Å². The monoisotopic (exact) mass is 453 g/mol. The van der Waals surface area contributed by atoms with E-state index >= 15 is 0 Å². The molecule has 6 rings (SSSR count). The zero-order valence-corrected chi connectivity index (χ0v) is 18.8. The van der Waals surface area contributed by atoms with Crippen molar-refractivity contribution < 1.29 is 5.11 Å². The summed E-state index contributed by atoms with van der Waals surface area (Å²) in [4.78, 5) is 18.7. The van der Waals surface area contributed by atoms with E-state index in [0.29, 0.717) is 37.1 Å². The van der Waals surface area contributed by atoms with E-state index < -0.39 is 6.10 Å². The fourth-order valence-electron chi connectivity index (χ4n) is 4.82. The van der Waals surface area contributed by atoms with Crippen LogP contribution < -0.4 is 16.4 Å². The number of aliphatic hydroxyl groups is 1. The summed E-state index contributed by atoms with van der Waals surface area (Å²) < 4.78 is 0. The third-order valence-electron chi connectivity index (χ3n) is 6.62. The Bertz CT molecular complexity index is 1350. The number of anilines is 2. The van der Waals surface area contributed by atoms with Gasteiger partial charge < -0.3 is 21.5 Å². The highest BCUT2D eigenvalue weighted by atomic mass is 16.3. The molecule has 34 heavy (non-hydrogen) atoms. The number of pyridine rings is 2. The lowest BCUT2D eigenvalue weighted by Gasteiger charge is -2.19. The fourth-order valence-corrected chi connectivity index (χ4v) is 4.82. The topological polar surface area (TPSA) is 122 Å². The van der Waals surface area contributed by atoms with Gasteiger partial charge in [0.15, 0.2) is 5.82 Å². The lowest BCUT2D eigenvalue weighted by atomic mass is 10.1. The van der Waals surface area contributed by atoms with Crippen molar-refractivity contribution in [2.75, 3.05) is 23.7 Å². The molecule has 2 aliphatic carbocycles. The van der Waals surface area contributed by atoms with Gasteiger partial charge in [-0.25, -0.2) is 15.0 Å². The van der Waals surface area contributed by atoms with Crippen molar-refractivity contribution >= 4 is 22.5 Å². The zero-order valence-electron chi connectivity index (χ0n) is 18.8. The van der Waals surface area contributed by atoms with Gasteiger partial charge in [0.2, 0.25) is 0 Å². The van der Waals surface area contributed by atoms with Crippen LogP contribution in [0.5, 0.6) is 0 Å². The van der Waals surface area contributed by atoms with Crippen LogP contribution in [0.2, 0.25) is 0 Å². The van der Waals surface area contributed by atoms with Crippen LogP contribution in [0.4, 0.5) is 11.6 Å². The summed E-state index contributed by atoms with van der Waals surface area (Å²) in [5.74, 6) is 2.59. The second kappa shape index (κ2) is 8.62. The Morgan fingerprint density at radius 1 is 1.06 bits per heavy atom. The Hall–Kier alpha value is -3.62. The first kappa shape index (κ1) is 20.9. The molecule has 0 spiro atoms. The molecule has 2 unspecified atom stereocenters. The zero-order chi connectivity index (χ0) is 23.1. The van der Waals surface area contributed by atoms with Crippen LogP contribution in [0, 0.1) is 0 Å². The summed E-state index contributed by atoms with van der Waals surface area (Å²) in [6.45, 7) is 1.14. The molecule has 1 aromatic carbocycles. The standard InChI is InChI=1S/C26H27N7O/c27-8-10-30-26-23-19(15-5-6-15)13-28-14-20(23)31-25(33-26)17-7-9-29-22(12-17)32-24-18-4-2-1-3-16(18)11-21(24)34/h1-4,7,9,12-15,21,24,34H,5-6,8,10-11,27H2,(H,29,32)(H,30,31,33). The summed E-state index contributed by atoms with van der Waals surface area (Å²) in [6, 6.07) is 11.7. The van der Waals surface area contributed by atoms with Crippen LogP contribution in [0.3, 0.4) is 0 Å². The highest BCUT2D eigenvalue weighted by Crippen LogP contribution is 2.44. The Labute approximate surface area is 197 Å². The van der Waals surface area contributed by atoms with Gasteiger partial charge in [-0.3, -0.25) is 4.98 Å². The van der Waals surface area contributed by atoms with Gasteiger partial charge in [0.05, 0.1) is 23.9 Å². The molecule has 2 atom stereocenters. The predicted octanol–water partition coefficient (Wildman–Crippen LogP) is 3.41. The minimum absolute atomic E-state index is 0.205. The molecule has 1 saturated carbocycles. The number of hydrogen-bond donors (Lipinski definition) is 4. The fraction of sp³-hybridized carbons (Fsp3) is 0.308. The number of nitrogens with two attached hydrogens (primary N) is 1. The van der Waals surface area contributed by atoms with Crippen molar-refractivity contribution in [3.8, 4) is 11.4 Å². The molecule has 8 nitrogen and oxygen atoms in total. The number of aliphatic hydroxyl groups excluding tert-OH is 1. The van der Waals surface area contributed by atoms with E-state index in [9.17, 15) is 5.11 Å². The molecule has 8 heteroatoms. The smallest absolute Gasteiger partial charge is 0.162 e. The van der Waals surface area contributed by atoms with Crippen molar-refractivity contribution in [3.63, 3.8) is 0 Å².